The zero-order valence-electron chi connectivity index (χ0n) is 7.86. The van der Waals surface area contributed by atoms with E-state index in [-0.39, 0.29) is 18.5 Å². The van der Waals surface area contributed by atoms with E-state index in [1.54, 1.807) is 0 Å². The third-order valence-electron chi connectivity index (χ3n) is 1.44. The first-order chi connectivity index (χ1) is 6.39. The zero-order valence-corrected chi connectivity index (χ0v) is 8.67. The molecule has 14 heavy (non-hydrogen) atoms. The lowest BCUT2D eigenvalue weighted by atomic mass is 10.4. The summed E-state index contributed by atoms with van der Waals surface area (Å²) in [5.74, 6) is 0.287. The van der Waals surface area contributed by atoms with Gasteiger partial charge in [-0.25, -0.2) is 0 Å². The molecule has 0 spiro atoms. The second kappa shape index (κ2) is 4.10. The normalized spacial score (nSPS) is 12.3. The number of hydrogen-bond acceptors (Lipinski definition) is 4. The molecule has 0 fully saturated rings. The van der Waals surface area contributed by atoms with E-state index in [1.807, 2.05) is 13.8 Å². The van der Waals surface area contributed by atoms with Crippen molar-refractivity contribution in [3.05, 3.63) is 17.9 Å². The summed E-state index contributed by atoms with van der Waals surface area (Å²) in [4.78, 5) is 0. The minimum atomic E-state index is -4.74. The van der Waals surface area contributed by atoms with Crippen LogP contribution in [-0.4, -0.2) is 14.5 Å². The Morgan fingerprint density at radius 3 is 2.57 bits per heavy atom. The highest BCUT2D eigenvalue weighted by Gasteiger charge is 2.16. The van der Waals surface area contributed by atoms with Crippen LogP contribution in [0.4, 0.5) is 3.89 Å². The fourth-order valence-corrected chi connectivity index (χ4v) is 1.25. The van der Waals surface area contributed by atoms with Gasteiger partial charge in [-0.3, -0.25) is 0 Å². The average molecular weight is 222 g/mol. The first-order valence-corrected chi connectivity index (χ1v) is 5.43. The van der Waals surface area contributed by atoms with Gasteiger partial charge < -0.3 is 9.15 Å². The molecule has 0 aliphatic heterocycles. The second-order valence-electron chi connectivity index (χ2n) is 3.02. The molecule has 0 aliphatic rings. The fourth-order valence-electron chi connectivity index (χ4n) is 0.816. The topological polar surface area (TPSA) is 56.5 Å². The Bertz CT molecular complexity index is 393. The van der Waals surface area contributed by atoms with E-state index in [4.69, 9.17) is 9.15 Å². The Morgan fingerprint density at radius 1 is 1.50 bits per heavy atom. The summed E-state index contributed by atoms with van der Waals surface area (Å²) in [6.07, 6.45) is 0.00512. The number of hydrogen-bond donors (Lipinski definition) is 0. The molecule has 0 saturated heterocycles. The highest BCUT2D eigenvalue weighted by atomic mass is 32.3. The van der Waals surface area contributed by atoms with Crippen LogP contribution < -0.4 is 0 Å². The van der Waals surface area contributed by atoms with Gasteiger partial charge in [0.15, 0.2) is 0 Å². The summed E-state index contributed by atoms with van der Waals surface area (Å²) < 4.78 is 43.0. The third kappa shape index (κ3) is 3.12. The molecule has 1 rings (SSSR count). The van der Waals surface area contributed by atoms with Gasteiger partial charge in [-0.05, 0) is 26.0 Å². The van der Waals surface area contributed by atoms with Gasteiger partial charge in [0.1, 0.15) is 12.4 Å². The number of halogens is 1. The first-order valence-electron chi connectivity index (χ1n) is 4.04. The molecule has 6 heteroatoms. The van der Waals surface area contributed by atoms with E-state index >= 15 is 0 Å². The summed E-state index contributed by atoms with van der Waals surface area (Å²) >= 11 is 0. The third-order valence-corrected chi connectivity index (χ3v) is 2.14. The summed E-state index contributed by atoms with van der Waals surface area (Å²) in [6, 6.07) is 2.43. The van der Waals surface area contributed by atoms with Crippen LogP contribution in [0.3, 0.4) is 0 Å². The second-order valence-corrected chi connectivity index (χ2v) is 4.30. The van der Waals surface area contributed by atoms with Crippen molar-refractivity contribution in [2.45, 2.75) is 31.7 Å². The Hall–Kier alpha value is -0.880. The standard InChI is InChI=1S/C8H11FO4S/c1-6(2)12-5-7-3-4-8(13-7)14(9,10)11/h3-4,6H,5H2,1-2H3. The van der Waals surface area contributed by atoms with Crippen molar-refractivity contribution < 1.29 is 21.5 Å². The summed E-state index contributed by atoms with van der Waals surface area (Å²) in [6.45, 7) is 3.79. The predicted octanol–water partition coefficient (Wildman–Crippen LogP) is 1.86. The summed E-state index contributed by atoms with van der Waals surface area (Å²) in [5, 5.41) is -0.681. The maximum atomic E-state index is 12.4. The van der Waals surface area contributed by atoms with Gasteiger partial charge in [0.25, 0.3) is 0 Å². The molecule has 0 aromatic carbocycles. The predicted molar refractivity (Wildman–Crippen MR) is 46.9 cm³/mol. The van der Waals surface area contributed by atoms with Gasteiger partial charge >= 0.3 is 10.2 Å². The lowest BCUT2D eigenvalue weighted by Gasteiger charge is -2.03. The van der Waals surface area contributed by atoms with Gasteiger partial charge in [-0.2, -0.15) is 8.42 Å². The van der Waals surface area contributed by atoms with E-state index < -0.39 is 15.3 Å². The van der Waals surface area contributed by atoms with Crippen LogP contribution in [-0.2, 0) is 21.6 Å². The van der Waals surface area contributed by atoms with Gasteiger partial charge in [0, 0.05) is 0 Å². The van der Waals surface area contributed by atoms with Crippen LogP contribution >= 0.6 is 0 Å². The van der Waals surface area contributed by atoms with E-state index in [0.29, 0.717) is 0 Å². The Labute approximate surface area is 81.9 Å². The molecule has 0 radical (unpaired) electrons. The molecule has 4 nitrogen and oxygen atoms in total. The number of rotatable bonds is 4. The molecule has 0 aliphatic carbocycles. The van der Waals surface area contributed by atoms with Crippen molar-refractivity contribution in [3.8, 4) is 0 Å². The van der Waals surface area contributed by atoms with Crippen molar-refractivity contribution in [1.29, 1.82) is 0 Å². The van der Waals surface area contributed by atoms with Gasteiger partial charge in [0.05, 0.1) is 6.10 Å². The first kappa shape index (κ1) is 11.2. The lowest BCUT2D eigenvalue weighted by molar-refractivity contribution is 0.0525. The largest absolute Gasteiger partial charge is 0.445 e. The molecule has 0 atom stereocenters. The zero-order chi connectivity index (χ0) is 10.8. The van der Waals surface area contributed by atoms with E-state index in [2.05, 4.69) is 0 Å². The monoisotopic (exact) mass is 222 g/mol. The minimum absolute atomic E-state index is 0.00512. The van der Waals surface area contributed by atoms with Gasteiger partial charge in [0.2, 0.25) is 5.09 Å². The number of furan rings is 1. The maximum Gasteiger partial charge on any atom is 0.365 e. The SMILES string of the molecule is CC(C)OCc1ccc(S(=O)(=O)F)o1. The molecule has 0 unspecified atom stereocenters. The van der Waals surface area contributed by atoms with Crippen LogP contribution in [0.25, 0.3) is 0 Å². The number of ether oxygens (including phenoxy) is 1. The molecule has 0 N–H and O–H groups in total. The van der Waals surface area contributed by atoms with Crippen LogP contribution in [0.1, 0.15) is 19.6 Å². The van der Waals surface area contributed by atoms with E-state index in [9.17, 15) is 12.3 Å². The van der Waals surface area contributed by atoms with Gasteiger partial charge in [-0.15, -0.1) is 0 Å². The van der Waals surface area contributed by atoms with Crippen LogP contribution in [0.15, 0.2) is 21.6 Å². The lowest BCUT2D eigenvalue weighted by Crippen LogP contribution is -2.01. The average Bonchev–Trinajstić information content (AvgIpc) is 2.47. The summed E-state index contributed by atoms with van der Waals surface area (Å²) in [5.41, 5.74) is 0. The van der Waals surface area contributed by atoms with Crippen molar-refractivity contribution in [3.63, 3.8) is 0 Å². The smallest absolute Gasteiger partial charge is 0.365 e. The van der Waals surface area contributed by atoms with Crippen LogP contribution in [0.2, 0.25) is 0 Å². The van der Waals surface area contributed by atoms with E-state index in [0.717, 1.165) is 6.07 Å². The molecule has 0 amide bonds. The van der Waals surface area contributed by atoms with Crippen molar-refractivity contribution >= 4 is 10.2 Å². The van der Waals surface area contributed by atoms with Crippen molar-refractivity contribution in [2.75, 3.05) is 0 Å². The molecular formula is C8H11FO4S. The quantitative estimate of drug-likeness (QED) is 0.729. The molecule has 1 heterocycles. The van der Waals surface area contributed by atoms with Crippen LogP contribution in [0.5, 0.6) is 0 Å². The minimum Gasteiger partial charge on any atom is -0.445 e. The van der Waals surface area contributed by atoms with Crippen molar-refractivity contribution in [1.82, 2.24) is 0 Å². The maximum absolute atomic E-state index is 12.4. The van der Waals surface area contributed by atoms with Crippen molar-refractivity contribution in [2.24, 2.45) is 0 Å². The molecule has 0 saturated carbocycles. The van der Waals surface area contributed by atoms with Gasteiger partial charge in [-0.1, -0.05) is 3.89 Å². The van der Waals surface area contributed by atoms with E-state index in [1.165, 1.54) is 6.07 Å². The Morgan fingerprint density at radius 2 is 2.14 bits per heavy atom. The Balaban J connectivity index is 2.70. The fraction of sp³-hybridized carbons (Fsp3) is 0.500. The molecule has 1 aromatic rings. The highest BCUT2D eigenvalue weighted by Crippen LogP contribution is 2.16. The van der Waals surface area contributed by atoms with Crippen LogP contribution in [0, 0.1) is 0 Å². The molecular weight excluding hydrogens is 211 g/mol. The molecule has 1 aromatic heterocycles. The Kier molecular flexibility index (Phi) is 3.28. The highest BCUT2D eigenvalue weighted by molar-refractivity contribution is 7.86. The summed E-state index contributed by atoms with van der Waals surface area (Å²) in [7, 11) is -4.74. The molecule has 0 bridgehead atoms. The molecule has 80 valence electrons.